The summed E-state index contributed by atoms with van der Waals surface area (Å²) in [5.74, 6) is -0.217. The van der Waals surface area contributed by atoms with Crippen LogP contribution < -0.4 is 4.90 Å². The summed E-state index contributed by atoms with van der Waals surface area (Å²) >= 11 is 0. The summed E-state index contributed by atoms with van der Waals surface area (Å²) in [4.78, 5) is 4.51. The van der Waals surface area contributed by atoms with Gasteiger partial charge in [-0.2, -0.15) is 5.26 Å². The summed E-state index contributed by atoms with van der Waals surface area (Å²) in [7, 11) is 2.07. The van der Waals surface area contributed by atoms with Crippen molar-refractivity contribution < 1.29 is 4.39 Å². The number of hydrogen-bond donors (Lipinski definition) is 0. The first-order chi connectivity index (χ1) is 8.94. The van der Waals surface area contributed by atoms with Crippen LogP contribution in [-0.4, -0.2) is 36.6 Å². The smallest absolute Gasteiger partial charge is 0.123 e. The second-order valence-electron chi connectivity index (χ2n) is 5.80. The van der Waals surface area contributed by atoms with Gasteiger partial charge in [0.15, 0.2) is 0 Å². The molecule has 0 bridgehead atoms. The van der Waals surface area contributed by atoms with E-state index in [1.807, 2.05) is 0 Å². The molecular formula is C15H20FN3. The molecule has 1 aromatic rings. The van der Waals surface area contributed by atoms with Gasteiger partial charge in [0.1, 0.15) is 5.82 Å². The van der Waals surface area contributed by atoms with Crippen molar-refractivity contribution in [3.8, 4) is 6.07 Å². The van der Waals surface area contributed by atoms with Gasteiger partial charge in [-0.1, -0.05) is 0 Å². The number of nitrogens with zero attached hydrogens (tertiary/aromatic N) is 3. The second-order valence-corrected chi connectivity index (χ2v) is 5.80. The molecule has 1 saturated heterocycles. The van der Waals surface area contributed by atoms with Gasteiger partial charge in [0, 0.05) is 30.4 Å². The summed E-state index contributed by atoms with van der Waals surface area (Å²) < 4.78 is 13.0. The topological polar surface area (TPSA) is 30.3 Å². The first-order valence-electron chi connectivity index (χ1n) is 6.54. The fourth-order valence-corrected chi connectivity index (χ4v) is 2.67. The van der Waals surface area contributed by atoms with Crippen molar-refractivity contribution in [2.45, 2.75) is 31.8 Å². The molecule has 102 valence electrons. The third-order valence-corrected chi connectivity index (χ3v) is 4.03. The lowest BCUT2D eigenvalue weighted by atomic mass is 9.94. The fraction of sp³-hybridized carbons (Fsp3) is 0.533. The van der Waals surface area contributed by atoms with E-state index in [-0.39, 0.29) is 17.4 Å². The Labute approximate surface area is 114 Å². The first kappa shape index (κ1) is 13.8. The Balaban J connectivity index is 2.23. The van der Waals surface area contributed by atoms with Gasteiger partial charge >= 0.3 is 0 Å². The highest BCUT2D eigenvalue weighted by atomic mass is 19.1. The van der Waals surface area contributed by atoms with Crippen LogP contribution in [0.25, 0.3) is 0 Å². The molecule has 0 N–H and O–H groups in total. The maximum Gasteiger partial charge on any atom is 0.123 e. The molecular weight excluding hydrogens is 241 g/mol. The summed E-state index contributed by atoms with van der Waals surface area (Å²) in [6.07, 6.45) is 0.512. The number of rotatable bonds is 2. The predicted molar refractivity (Wildman–Crippen MR) is 74.5 cm³/mol. The van der Waals surface area contributed by atoms with Gasteiger partial charge in [-0.3, -0.25) is 4.90 Å². The SMILES string of the molecule is CN1C(CC#N)CN(c2ccc(F)cc2)CC1(C)C. The highest BCUT2D eigenvalue weighted by Gasteiger charge is 2.37. The summed E-state index contributed by atoms with van der Waals surface area (Å²) in [6, 6.07) is 9.05. The summed E-state index contributed by atoms with van der Waals surface area (Å²) in [5.41, 5.74) is 1.01. The molecule has 1 heterocycles. The summed E-state index contributed by atoms with van der Waals surface area (Å²) in [6.45, 7) is 6.02. The lowest BCUT2D eigenvalue weighted by Gasteiger charge is -2.50. The largest absolute Gasteiger partial charge is 0.368 e. The molecule has 1 fully saturated rings. The number of hydrogen-bond acceptors (Lipinski definition) is 3. The number of piperazine rings is 1. The fourth-order valence-electron chi connectivity index (χ4n) is 2.67. The van der Waals surface area contributed by atoms with Gasteiger partial charge in [-0.15, -0.1) is 0 Å². The van der Waals surface area contributed by atoms with Crippen LogP contribution in [0.15, 0.2) is 24.3 Å². The van der Waals surface area contributed by atoms with Crippen molar-refractivity contribution in [3.63, 3.8) is 0 Å². The van der Waals surface area contributed by atoms with Crippen LogP contribution in [0, 0.1) is 17.1 Å². The Morgan fingerprint density at radius 2 is 2.00 bits per heavy atom. The second kappa shape index (κ2) is 5.18. The highest BCUT2D eigenvalue weighted by Crippen LogP contribution is 2.28. The Hall–Kier alpha value is -1.60. The number of likely N-dealkylation sites (N-methyl/N-ethyl adjacent to an activating group) is 1. The molecule has 0 aromatic heterocycles. The van der Waals surface area contributed by atoms with Crippen molar-refractivity contribution in [2.24, 2.45) is 0 Å². The molecule has 0 spiro atoms. The standard InChI is InChI=1S/C15H20FN3/c1-15(2)11-19(10-14(8-9-17)18(15)3)13-6-4-12(16)5-7-13/h4-7,14H,8,10-11H2,1-3H3. The Morgan fingerprint density at radius 3 is 2.58 bits per heavy atom. The van der Waals surface area contributed by atoms with Crippen LogP contribution in [0.3, 0.4) is 0 Å². The van der Waals surface area contributed by atoms with E-state index in [1.54, 1.807) is 12.1 Å². The van der Waals surface area contributed by atoms with E-state index in [2.05, 4.69) is 36.8 Å². The number of anilines is 1. The number of halogens is 1. The Morgan fingerprint density at radius 1 is 1.37 bits per heavy atom. The zero-order valence-corrected chi connectivity index (χ0v) is 11.7. The van der Waals surface area contributed by atoms with Gasteiger partial charge in [-0.05, 0) is 45.2 Å². The van der Waals surface area contributed by atoms with Gasteiger partial charge in [-0.25, -0.2) is 4.39 Å². The van der Waals surface area contributed by atoms with Crippen LogP contribution in [0.5, 0.6) is 0 Å². The van der Waals surface area contributed by atoms with Crippen molar-refractivity contribution in [3.05, 3.63) is 30.1 Å². The van der Waals surface area contributed by atoms with Crippen molar-refractivity contribution in [1.82, 2.24) is 4.90 Å². The van der Waals surface area contributed by atoms with E-state index in [4.69, 9.17) is 5.26 Å². The maximum absolute atomic E-state index is 13.0. The third kappa shape index (κ3) is 2.87. The minimum absolute atomic E-state index is 0.00580. The van der Waals surface area contributed by atoms with Crippen LogP contribution in [0.2, 0.25) is 0 Å². The molecule has 1 aromatic carbocycles. The van der Waals surface area contributed by atoms with E-state index in [0.717, 1.165) is 18.8 Å². The molecule has 3 nitrogen and oxygen atoms in total. The van der Waals surface area contributed by atoms with Gasteiger partial charge in [0.2, 0.25) is 0 Å². The van der Waals surface area contributed by atoms with E-state index in [9.17, 15) is 4.39 Å². The molecule has 1 atom stereocenters. The lowest BCUT2D eigenvalue weighted by Crippen LogP contribution is -2.62. The van der Waals surface area contributed by atoms with Crippen LogP contribution in [-0.2, 0) is 0 Å². The summed E-state index contributed by atoms with van der Waals surface area (Å²) in [5, 5.41) is 8.95. The maximum atomic E-state index is 13.0. The third-order valence-electron chi connectivity index (χ3n) is 4.03. The predicted octanol–water partition coefficient (Wildman–Crippen LogP) is 2.64. The van der Waals surface area contributed by atoms with E-state index >= 15 is 0 Å². The molecule has 1 aliphatic rings. The first-order valence-corrected chi connectivity index (χ1v) is 6.54. The average molecular weight is 261 g/mol. The lowest BCUT2D eigenvalue weighted by molar-refractivity contribution is 0.0826. The zero-order chi connectivity index (χ0) is 14.0. The van der Waals surface area contributed by atoms with Gasteiger partial charge < -0.3 is 4.90 Å². The Kier molecular flexibility index (Phi) is 3.77. The van der Waals surface area contributed by atoms with Crippen molar-refractivity contribution in [1.29, 1.82) is 5.26 Å². The van der Waals surface area contributed by atoms with E-state index in [0.29, 0.717) is 6.42 Å². The van der Waals surface area contributed by atoms with E-state index in [1.165, 1.54) is 12.1 Å². The quantitative estimate of drug-likeness (QED) is 0.820. The molecule has 4 heteroatoms. The molecule has 0 saturated carbocycles. The van der Waals surface area contributed by atoms with Crippen LogP contribution >= 0.6 is 0 Å². The molecule has 2 rings (SSSR count). The average Bonchev–Trinajstić information content (AvgIpc) is 2.36. The zero-order valence-electron chi connectivity index (χ0n) is 11.7. The Bertz CT molecular complexity index is 475. The van der Waals surface area contributed by atoms with E-state index < -0.39 is 0 Å². The van der Waals surface area contributed by atoms with Crippen molar-refractivity contribution in [2.75, 3.05) is 25.0 Å². The van der Waals surface area contributed by atoms with Gasteiger partial charge in [0.05, 0.1) is 12.5 Å². The molecule has 1 aliphatic heterocycles. The molecule has 0 aliphatic carbocycles. The monoisotopic (exact) mass is 261 g/mol. The van der Waals surface area contributed by atoms with Crippen LogP contribution in [0.4, 0.5) is 10.1 Å². The number of nitriles is 1. The minimum Gasteiger partial charge on any atom is -0.368 e. The molecule has 19 heavy (non-hydrogen) atoms. The van der Waals surface area contributed by atoms with Gasteiger partial charge in [0.25, 0.3) is 0 Å². The normalized spacial score (nSPS) is 23.1. The molecule has 0 amide bonds. The highest BCUT2D eigenvalue weighted by molar-refractivity contribution is 5.47. The number of benzene rings is 1. The molecule has 0 radical (unpaired) electrons. The minimum atomic E-state index is -0.217. The van der Waals surface area contributed by atoms with Crippen molar-refractivity contribution >= 4 is 5.69 Å². The molecule has 1 unspecified atom stereocenters. The van der Waals surface area contributed by atoms with Crippen LogP contribution in [0.1, 0.15) is 20.3 Å².